The smallest absolute Gasteiger partial charge is 0.259 e. The molecule has 0 unspecified atom stereocenters. The van der Waals surface area contributed by atoms with Gasteiger partial charge in [0.15, 0.2) is 0 Å². The molecule has 0 saturated heterocycles. The van der Waals surface area contributed by atoms with Gasteiger partial charge in [0.05, 0.1) is 11.9 Å². The fraction of sp³-hybridized carbons (Fsp3) is 0. The Morgan fingerprint density at radius 1 is 1.38 bits per heavy atom. The lowest BCUT2D eigenvalue weighted by Crippen LogP contribution is -2.17. The number of carbonyl (C=O) groups excluding carboxylic acids is 1. The third-order valence-corrected chi connectivity index (χ3v) is 1.76. The van der Waals surface area contributed by atoms with Crippen LogP contribution in [0.1, 0.15) is 0 Å². The Labute approximate surface area is 74.0 Å². The van der Waals surface area contributed by atoms with Gasteiger partial charge >= 0.3 is 0 Å². The van der Waals surface area contributed by atoms with E-state index in [0.29, 0.717) is 0 Å². The summed E-state index contributed by atoms with van der Waals surface area (Å²) in [5.74, 6) is 0. The highest BCUT2D eigenvalue weighted by molar-refractivity contribution is 7.89. The van der Waals surface area contributed by atoms with Gasteiger partial charge < -0.3 is 10.5 Å². The van der Waals surface area contributed by atoms with Crippen molar-refractivity contribution < 1.29 is 13.2 Å². The molecule has 1 heterocycles. The van der Waals surface area contributed by atoms with Crippen molar-refractivity contribution >= 4 is 22.5 Å². The van der Waals surface area contributed by atoms with Crippen LogP contribution >= 0.6 is 0 Å². The van der Waals surface area contributed by atoms with Crippen molar-refractivity contribution in [2.45, 2.75) is 5.03 Å². The minimum absolute atomic E-state index is 0.109. The molecule has 0 bridgehead atoms. The third kappa shape index (κ3) is 3.09. The van der Waals surface area contributed by atoms with Crippen LogP contribution in [0.25, 0.3) is 0 Å². The van der Waals surface area contributed by atoms with Crippen LogP contribution in [0.4, 0.5) is 5.69 Å². The van der Waals surface area contributed by atoms with Crippen molar-refractivity contribution in [2.75, 3.05) is 5.73 Å². The van der Waals surface area contributed by atoms with Gasteiger partial charge in [-0.15, -0.1) is 10.2 Å². The first kappa shape index (κ1) is 11.4. The summed E-state index contributed by atoms with van der Waals surface area (Å²) in [5, 5.41) is 13.7. The molecule has 0 aliphatic carbocycles. The molecule has 9 heteroatoms. The van der Waals surface area contributed by atoms with E-state index < -0.39 is 15.0 Å². The largest absolute Gasteiger partial charge is 0.395 e. The van der Waals surface area contributed by atoms with E-state index in [-0.39, 0.29) is 5.69 Å². The summed E-state index contributed by atoms with van der Waals surface area (Å²) >= 11 is 0. The quantitative estimate of drug-likeness (QED) is 0.535. The van der Waals surface area contributed by atoms with Gasteiger partial charge in [0.1, 0.15) is 6.79 Å². The Kier molecular flexibility index (Phi) is 3.88. The van der Waals surface area contributed by atoms with E-state index in [1.54, 1.807) is 0 Å². The lowest BCUT2D eigenvalue weighted by Gasteiger charge is -1.96. The monoisotopic (exact) mass is 205 g/mol. The van der Waals surface area contributed by atoms with Crippen molar-refractivity contribution in [3.8, 4) is 0 Å². The number of sulfonamides is 1. The topological polar surface area (TPSA) is 142 Å². The van der Waals surface area contributed by atoms with E-state index in [9.17, 15) is 8.42 Å². The van der Waals surface area contributed by atoms with Crippen LogP contribution in [0, 0.1) is 0 Å². The Morgan fingerprint density at radius 2 is 1.92 bits per heavy atom. The molecule has 0 aliphatic heterocycles. The number of primary sulfonamides is 1. The third-order valence-electron chi connectivity index (χ3n) is 0.900. The van der Waals surface area contributed by atoms with E-state index in [1.807, 2.05) is 6.79 Å². The number of rotatable bonds is 1. The minimum atomic E-state index is -3.87. The molecule has 0 spiro atoms. The Hall–Kier alpha value is -1.61. The zero-order valence-corrected chi connectivity index (χ0v) is 7.23. The van der Waals surface area contributed by atoms with Crippen LogP contribution in [0.15, 0.2) is 11.2 Å². The molecule has 13 heavy (non-hydrogen) atoms. The van der Waals surface area contributed by atoms with Crippen LogP contribution in [-0.4, -0.2) is 30.6 Å². The van der Waals surface area contributed by atoms with Gasteiger partial charge in [-0.05, 0) is 5.21 Å². The molecule has 0 aliphatic rings. The summed E-state index contributed by atoms with van der Waals surface area (Å²) in [6, 6.07) is 0. The Balaban J connectivity index is 0.000000671. The number of nitrogens with two attached hydrogens (primary N) is 2. The van der Waals surface area contributed by atoms with E-state index in [1.165, 1.54) is 0 Å². The van der Waals surface area contributed by atoms with Crippen LogP contribution in [0.2, 0.25) is 0 Å². The van der Waals surface area contributed by atoms with Gasteiger partial charge in [-0.25, -0.2) is 13.6 Å². The average Bonchev–Trinajstić information content (AvgIpc) is 2.07. The number of aromatic nitrogens is 3. The lowest BCUT2D eigenvalue weighted by molar-refractivity contribution is -0.0979. The van der Waals surface area contributed by atoms with Gasteiger partial charge in [0, 0.05) is 0 Å². The molecular weight excluding hydrogens is 198 g/mol. The van der Waals surface area contributed by atoms with Crippen molar-refractivity contribution in [3.05, 3.63) is 6.20 Å². The molecule has 0 atom stereocenters. The molecule has 72 valence electrons. The summed E-state index contributed by atoms with van der Waals surface area (Å²) in [6.07, 6.45) is 1.06. The first-order valence-corrected chi connectivity index (χ1v) is 4.32. The minimum Gasteiger partial charge on any atom is -0.395 e. The summed E-state index contributed by atoms with van der Waals surface area (Å²) in [4.78, 5) is 8.00. The second-order valence-electron chi connectivity index (χ2n) is 1.74. The highest BCUT2D eigenvalue weighted by Gasteiger charge is 2.13. The summed E-state index contributed by atoms with van der Waals surface area (Å²) in [6.45, 7) is 2.00. The number of anilines is 1. The van der Waals surface area contributed by atoms with Gasteiger partial charge in [0.25, 0.3) is 10.0 Å². The van der Waals surface area contributed by atoms with Crippen molar-refractivity contribution in [1.82, 2.24) is 15.4 Å². The fourth-order valence-electron chi connectivity index (χ4n) is 0.489. The number of hydrogen-bond acceptors (Lipinski definition) is 7. The first-order chi connectivity index (χ1) is 6.02. The second-order valence-corrected chi connectivity index (χ2v) is 3.22. The van der Waals surface area contributed by atoms with E-state index >= 15 is 0 Å². The molecule has 0 radical (unpaired) electrons. The van der Waals surface area contributed by atoms with Crippen LogP contribution < -0.4 is 10.9 Å². The molecule has 1 aromatic rings. The zero-order chi connectivity index (χ0) is 10.5. The lowest BCUT2D eigenvalue weighted by atomic mass is 10.6. The van der Waals surface area contributed by atoms with Crippen molar-refractivity contribution in [2.24, 2.45) is 5.14 Å². The van der Waals surface area contributed by atoms with E-state index in [0.717, 1.165) is 6.20 Å². The number of hydrogen-bond donors (Lipinski definition) is 2. The van der Waals surface area contributed by atoms with Crippen molar-refractivity contribution in [1.29, 1.82) is 0 Å². The predicted molar refractivity (Wildman–Crippen MR) is 42.7 cm³/mol. The van der Waals surface area contributed by atoms with Crippen LogP contribution in [0.5, 0.6) is 0 Å². The summed E-state index contributed by atoms with van der Waals surface area (Å²) in [5.41, 5.74) is 5.07. The molecular formula is C4H7N5O3S. The van der Waals surface area contributed by atoms with Crippen molar-refractivity contribution in [3.63, 3.8) is 0 Å². The first-order valence-electron chi connectivity index (χ1n) is 2.77. The maximum atomic E-state index is 10.6. The van der Waals surface area contributed by atoms with E-state index in [4.69, 9.17) is 15.7 Å². The van der Waals surface area contributed by atoms with Crippen LogP contribution in [-0.2, 0) is 14.8 Å². The molecule has 0 amide bonds. The van der Waals surface area contributed by atoms with Gasteiger partial charge in [-0.3, -0.25) is 0 Å². The highest BCUT2D eigenvalue weighted by atomic mass is 32.2. The number of nitrogen functional groups attached to an aromatic ring is 1. The maximum Gasteiger partial charge on any atom is 0.259 e. The highest BCUT2D eigenvalue weighted by Crippen LogP contribution is 2.08. The predicted octanol–water partition coefficient (Wildman–Crippen LogP) is -2.08. The summed E-state index contributed by atoms with van der Waals surface area (Å²) < 4.78 is 21.2. The molecule has 8 nitrogen and oxygen atoms in total. The molecule has 1 aromatic heterocycles. The normalized spacial score (nSPS) is 9.92. The molecule has 0 saturated carbocycles. The molecule has 4 N–H and O–H groups in total. The number of nitrogens with zero attached hydrogens (tertiary/aromatic N) is 3. The van der Waals surface area contributed by atoms with Gasteiger partial charge in [-0.2, -0.15) is 0 Å². The standard InChI is InChI=1S/C3H5N5O2S.CH2O/c4-2-1-6-8-7-3(2)11(5,9)10;1-2/h1H,(H2,4,8)(H2,5,9,10);1H2. The molecule has 0 fully saturated rings. The van der Waals surface area contributed by atoms with E-state index in [2.05, 4.69) is 15.4 Å². The SMILES string of the molecule is C=O.Nc1cnnnc1S(N)(=O)=O. The second kappa shape index (κ2) is 4.42. The molecule has 0 aromatic carbocycles. The average molecular weight is 205 g/mol. The van der Waals surface area contributed by atoms with Crippen LogP contribution in [0.3, 0.4) is 0 Å². The Morgan fingerprint density at radius 3 is 2.23 bits per heavy atom. The number of carbonyl (C=O) groups is 1. The summed E-state index contributed by atoms with van der Waals surface area (Å²) in [7, 11) is -3.87. The Bertz CT molecular complexity index is 377. The van der Waals surface area contributed by atoms with Gasteiger partial charge in [-0.1, -0.05) is 0 Å². The fourth-order valence-corrected chi connectivity index (χ4v) is 1.02. The maximum absolute atomic E-state index is 10.6. The zero-order valence-electron chi connectivity index (χ0n) is 6.41. The van der Waals surface area contributed by atoms with Gasteiger partial charge in [0.2, 0.25) is 5.03 Å². The molecule has 1 rings (SSSR count).